The molecule has 0 aliphatic rings. The Kier molecular flexibility index (Phi) is 9.58. The van der Waals surface area contributed by atoms with Crippen LogP contribution in [0.4, 0.5) is 13.2 Å². The van der Waals surface area contributed by atoms with Crippen LogP contribution in [0.1, 0.15) is 11.1 Å². The zero-order valence-corrected chi connectivity index (χ0v) is 16.3. The molecular formula is C13H20F3IN4O2S. The van der Waals surface area contributed by atoms with E-state index in [-0.39, 0.29) is 37.1 Å². The smallest absolute Gasteiger partial charge is 0.355 e. The van der Waals surface area contributed by atoms with Gasteiger partial charge in [-0.2, -0.15) is 13.2 Å². The summed E-state index contributed by atoms with van der Waals surface area (Å²) in [4.78, 5) is 3.93. The SMILES string of the molecule is CN=C(NCCNS(C)(=O)=O)NCc1ccc(C(F)(F)F)cc1.I. The molecule has 0 atom stereocenters. The molecule has 1 aromatic rings. The molecule has 3 N–H and O–H groups in total. The van der Waals surface area contributed by atoms with Gasteiger partial charge in [0.2, 0.25) is 10.0 Å². The van der Waals surface area contributed by atoms with Crippen molar-refractivity contribution >= 4 is 40.0 Å². The molecule has 0 heterocycles. The van der Waals surface area contributed by atoms with Gasteiger partial charge in [-0.3, -0.25) is 4.99 Å². The minimum atomic E-state index is -4.35. The number of hydrogen-bond donors (Lipinski definition) is 3. The van der Waals surface area contributed by atoms with E-state index in [1.165, 1.54) is 19.2 Å². The zero-order chi connectivity index (χ0) is 17.5. The minimum Gasteiger partial charge on any atom is -0.355 e. The fourth-order valence-electron chi connectivity index (χ4n) is 1.64. The van der Waals surface area contributed by atoms with Gasteiger partial charge in [0, 0.05) is 26.7 Å². The van der Waals surface area contributed by atoms with Crippen molar-refractivity contribution in [3.05, 3.63) is 35.4 Å². The first-order valence-electron chi connectivity index (χ1n) is 6.67. The van der Waals surface area contributed by atoms with Crippen LogP contribution in [0.3, 0.4) is 0 Å². The molecule has 0 unspecified atom stereocenters. The van der Waals surface area contributed by atoms with E-state index >= 15 is 0 Å². The average Bonchev–Trinajstić information content (AvgIpc) is 2.45. The van der Waals surface area contributed by atoms with E-state index in [1.807, 2.05) is 0 Å². The number of benzene rings is 1. The Morgan fingerprint density at radius 1 is 1.12 bits per heavy atom. The van der Waals surface area contributed by atoms with Crippen molar-refractivity contribution in [1.29, 1.82) is 0 Å². The normalized spacial score (nSPS) is 12.5. The second kappa shape index (κ2) is 10.0. The van der Waals surface area contributed by atoms with Crippen molar-refractivity contribution in [3.63, 3.8) is 0 Å². The lowest BCUT2D eigenvalue weighted by atomic mass is 10.1. The highest BCUT2D eigenvalue weighted by molar-refractivity contribution is 14.0. The predicted molar refractivity (Wildman–Crippen MR) is 97.9 cm³/mol. The van der Waals surface area contributed by atoms with Gasteiger partial charge in [-0.15, -0.1) is 24.0 Å². The number of guanidine groups is 1. The van der Waals surface area contributed by atoms with Gasteiger partial charge in [-0.05, 0) is 17.7 Å². The molecule has 0 aliphatic carbocycles. The molecule has 24 heavy (non-hydrogen) atoms. The summed E-state index contributed by atoms with van der Waals surface area (Å²) in [5, 5.41) is 5.80. The maximum atomic E-state index is 12.5. The summed E-state index contributed by atoms with van der Waals surface area (Å²) in [6, 6.07) is 4.80. The summed E-state index contributed by atoms with van der Waals surface area (Å²) in [6.45, 7) is 0.802. The Hall–Kier alpha value is -1.08. The summed E-state index contributed by atoms with van der Waals surface area (Å²) >= 11 is 0. The molecule has 0 bridgehead atoms. The molecule has 0 spiro atoms. The molecule has 1 aromatic carbocycles. The number of aliphatic imine (C=N–C) groups is 1. The molecule has 0 aliphatic heterocycles. The lowest BCUT2D eigenvalue weighted by molar-refractivity contribution is -0.137. The van der Waals surface area contributed by atoms with E-state index in [2.05, 4.69) is 20.3 Å². The fraction of sp³-hybridized carbons (Fsp3) is 0.462. The maximum Gasteiger partial charge on any atom is 0.416 e. The third-order valence-corrected chi connectivity index (χ3v) is 3.48. The Morgan fingerprint density at radius 3 is 2.17 bits per heavy atom. The first-order chi connectivity index (χ1) is 10.6. The van der Waals surface area contributed by atoms with E-state index in [0.29, 0.717) is 18.1 Å². The topological polar surface area (TPSA) is 82.6 Å². The Morgan fingerprint density at radius 2 is 1.71 bits per heavy atom. The molecule has 0 saturated carbocycles. The Balaban J connectivity index is 0.00000529. The highest BCUT2D eigenvalue weighted by atomic mass is 127. The highest BCUT2D eigenvalue weighted by Gasteiger charge is 2.29. The zero-order valence-electron chi connectivity index (χ0n) is 13.1. The molecule has 0 fully saturated rings. The minimum absolute atomic E-state index is 0. The van der Waals surface area contributed by atoms with E-state index in [9.17, 15) is 21.6 Å². The summed E-state index contributed by atoms with van der Waals surface area (Å²) in [6.07, 6.45) is -3.29. The summed E-state index contributed by atoms with van der Waals surface area (Å²) in [5.41, 5.74) is -0.0363. The second-order valence-electron chi connectivity index (χ2n) is 4.71. The van der Waals surface area contributed by atoms with E-state index in [1.54, 1.807) is 0 Å². The van der Waals surface area contributed by atoms with Crippen molar-refractivity contribution in [2.24, 2.45) is 4.99 Å². The first kappa shape index (κ1) is 22.9. The number of halogens is 4. The number of nitrogens with one attached hydrogen (secondary N) is 3. The monoisotopic (exact) mass is 480 g/mol. The van der Waals surface area contributed by atoms with Crippen molar-refractivity contribution in [1.82, 2.24) is 15.4 Å². The third-order valence-electron chi connectivity index (χ3n) is 2.75. The number of nitrogens with zero attached hydrogens (tertiary/aromatic N) is 1. The van der Waals surface area contributed by atoms with Gasteiger partial charge >= 0.3 is 6.18 Å². The van der Waals surface area contributed by atoms with Gasteiger partial charge in [0.15, 0.2) is 5.96 Å². The fourth-order valence-corrected chi connectivity index (χ4v) is 2.11. The molecule has 1 rings (SSSR count). The standard InChI is InChI=1S/C13H19F3N4O2S.HI/c1-17-12(18-7-8-20-23(2,21)22)19-9-10-3-5-11(6-4-10)13(14,15)16;/h3-6,20H,7-9H2,1-2H3,(H2,17,18,19);1H. The Labute approximate surface area is 156 Å². The second-order valence-corrected chi connectivity index (χ2v) is 6.55. The van der Waals surface area contributed by atoms with Crippen molar-refractivity contribution in [3.8, 4) is 0 Å². The molecule has 0 saturated heterocycles. The van der Waals surface area contributed by atoms with Gasteiger partial charge in [-0.25, -0.2) is 13.1 Å². The molecule has 11 heteroatoms. The van der Waals surface area contributed by atoms with E-state index in [4.69, 9.17) is 0 Å². The van der Waals surface area contributed by atoms with Crippen molar-refractivity contribution < 1.29 is 21.6 Å². The van der Waals surface area contributed by atoms with Crippen molar-refractivity contribution in [2.45, 2.75) is 12.7 Å². The van der Waals surface area contributed by atoms with Crippen LogP contribution in [0.2, 0.25) is 0 Å². The number of hydrogen-bond acceptors (Lipinski definition) is 3. The van der Waals surface area contributed by atoms with Crippen LogP contribution in [0.5, 0.6) is 0 Å². The number of alkyl halides is 3. The highest BCUT2D eigenvalue weighted by Crippen LogP contribution is 2.28. The first-order valence-corrected chi connectivity index (χ1v) is 8.56. The van der Waals surface area contributed by atoms with E-state index < -0.39 is 21.8 Å². The lowest BCUT2D eigenvalue weighted by Gasteiger charge is -2.12. The molecule has 0 aromatic heterocycles. The summed E-state index contributed by atoms with van der Waals surface area (Å²) < 4.78 is 61.4. The third kappa shape index (κ3) is 9.27. The lowest BCUT2D eigenvalue weighted by Crippen LogP contribution is -2.41. The van der Waals surface area contributed by atoms with Crippen LogP contribution >= 0.6 is 24.0 Å². The largest absolute Gasteiger partial charge is 0.416 e. The van der Waals surface area contributed by atoms with E-state index in [0.717, 1.165) is 18.4 Å². The molecule has 6 nitrogen and oxygen atoms in total. The van der Waals surface area contributed by atoms with Gasteiger partial charge in [0.05, 0.1) is 11.8 Å². The van der Waals surface area contributed by atoms with Gasteiger partial charge in [0.25, 0.3) is 0 Å². The van der Waals surface area contributed by atoms with Crippen molar-refractivity contribution in [2.75, 3.05) is 26.4 Å². The number of rotatable bonds is 6. The van der Waals surface area contributed by atoms with Gasteiger partial charge < -0.3 is 10.6 Å². The average molecular weight is 480 g/mol. The van der Waals surface area contributed by atoms with Crippen LogP contribution in [-0.4, -0.2) is 40.8 Å². The molecule has 0 radical (unpaired) electrons. The molecule has 0 amide bonds. The van der Waals surface area contributed by atoms with Gasteiger partial charge in [0.1, 0.15) is 0 Å². The Bertz CT molecular complexity index is 634. The number of sulfonamides is 1. The van der Waals surface area contributed by atoms with Crippen LogP contribution < -0.4 is 15.4 Å². The quantitative estimate of drug-likeness (QED) is 0.250. The van der Waals surface area contributed by atoms with Gasteiger partial charge in [-0.1, -0.05) is 12.1 Å². The predicted octanol–water partition coefficient (Wildman–Crippen LogP) is 1.54. The molecule has 138 valence electrons. The van der Waals surface area contributed by atoms with Crippen LogP contribution in [0, 0.1) is 0 Å². The summed E-state index contributed by atoms with van der Waals surface area (Å²) in [5.74, 6) is 0.417. The van der Waals surface area contributed by atoms with Crippen LogP contribution in [-0.2, 0) is 22.7 Å². The van der Waals surface area contributed by atoms with Crippen LogP contribution in [0.15, 0.2) is 29.3 Å². The molecular weight excluding hydrogens is 460 g/mol. The maximum absolute atomic E-state index is 12.5. The summed E-state index contributed by atoms with van der Waals surface area (Å²) in [7, 11) is -1.71. The van der Waals surface area contributed by atoms with Crippen LogP contribution in [0.25, 0.3) is 0 Å².